The Hall–Kier alpha value is -0.300. The molecule has 0 nitrogen and oxygen atoms in total. The molecule has 0 saturated carbocycles. The smallest absolute Gasteiger partial charge is 0.0538 e. The van der Waals surface area contributed by atoms with E-state index in [1.807, 2.05) is 0 Å². The summed E-state index contributed by atoms with van der Waals surface area (Å²) in [6.45, 7) is 2.19. The van der Waals surface area contributed by atoms with Crippen LogP contribution in [0.5, 0.6) is 0 Å². The number of rotatable bonds is 3. The van der Waals surface area contributed by atoms with Crippen LogP contribution in [0.1, 0.15) is 25.3 Å². The van der Waals surface area contributed by atoms with Gasteiger partial charge in [0.25, 0.3) is 0 Å². The molecule has 0 fully saturated rings. The Labute approximate surface area is 60.5 Å². The summed E-state index contributed by atoms with van der Waals surface area (Å²) in [5.74, 6) is 0. The molecule has 0 atom stereocenters. The maximum absolute atomic E-state index is 3.10. The maximum atomic E-state index is 3.10. The van der Waals surface area contributed by atoms with Crippen molar-refractivity contribution in [2.24, 2.45) is 0 Å². The fourth-order valence-electron chi connectivity index (χ4n) is 0.667. The molecule has 1 rings (SSSR count). The topological polar surface area (TPSA) is 0 Å². The molecule has 47 valence electrons. The van der Waals surface area contributed by atoms with Crippen LogP contribution in [-0.4, -0.2) is 0 Å². The highest BCUT2D eigenvalue weighted by atomic mass is 32.1. The zero-order valence-corrected chi connectivity index (χ0v) is 6.35. The van der Waals surface area contributed by atoms with Crippen molar-refractivity contribution in [3.63, 3.8) is 0 Å². The molecule has 9 heavy (non-hydrogen) atoms. The van der Waals surface area contributed by atoms with Crippen LogP contribution in [0.15, 0.2) is 0 Å². The molecule has 0 aromatic carbocycles. The van der Waals surface area contributed by atoms with E-state index in [1.165, 1.54) is 29.7 Å². The van der Waals surface area contributed by atoms with Gasteiger partial charge in [-0.25, -0.2) is 0 Å². The van der Waals surface area contributed by atoms with Crippen molar-refractivity contribution < 1.29 is 0 Å². The Morgan fingerprint density at radius 1 is 1.56 bits per heavy atom. The average Bonchev–Trinajstić information content (AvgIpc) is 2.34. The summed E-state index contributed by atoms with van der Waals surface area (Å²) in [5.41, 5.74) is 1.20. The van der Waals surface area contributed by atoms with Gasteiger partial charge in [0.2, 0.25) is 0 Å². The molecule has 3 radical (unpaired) electrons. The number of thiophene rings is 1. The lowest BCUT2D eigenvalue weighted by Gasteiger charge is -1.89. The molecule has 0 aliphatic rings. The van der Waals surface area contributed by atoms with E-state index < -0.39 is 0 Å². The van der Waals surface area contributed by atoms with E-state index in [2.05, 4.69) is 23.8 Å². The average molecular weight is 137 g/mol. The van der Waals surface area contributed by atoms with Gasteiger partial charge < -0.3 is 0 Å². The Balaban J connectivity index is 2.30. The largest absolute Gasteiger partial charge is 0.132 e. The van der Waals surface area contributed by atoms with Crippen molar-refractivity contribution in [1.82, 2.24) is 0 Å². The van der Waals surface area contributed by atoms with Crippen LogP contribution >= 0.6 is 11.3 Å². The molecule has 0 bridgehead atoms. The van der Waals surface area contributed by atoms with Gasteiger partial charge in [-0.1, -0.05) is 13.3 Å². The van der Waals surface area contributed by atoms with Crippen molar-refractivity contribution in [2.45, 2.75) is 26.2 Å². The van der Waals surface area contributed by atoms with Gasteiger partial charge in [0.15, 0.2) is 0 Å². The van der Waals surface area contributed by atoms with Crippen LogP contribution in [0.4, 0.5) is 0 Å². The zero-order valence-electron chi connectivity index (χ0n) is 5.53. The van der Waals surface area contributed by atoms with Crippen molar-refractivity contribution in [1.29, 1.82) is 0 Å². The summed E-state index contributed by atoms with van der Waals surface area (Å²) < 4.78 is 0. The molecule has 0 aliphatic carbocycles. The van der Waals surface area contributed by atoms with Crippen LogP contribution in [0.2, 0.25) is 0 Å². The lowest BCUT2D eigenvalue weighted by molar-refractivity contribution is 0.796. The van der Waals surface area contributed by atoms with E-state index in [9.17, 15) is 0 Å². The summed E-state index contributed by atoms with van der Waals surface area (Å²) in [6.07, 6.45) is 3.62. The van der Waals surface area contributed by atoms with Crippen molar-refractivity contribution in [3.05, 3.63) is 22.4 Å². The highest BCUT2D eigenvalue weighted by Gasteiger charge is 1.91. The summed E-state index contributed by atoms with van der Waals surface area (Å²) >= 11 is 1.48. The predicted octanol–water partition coefficient (Wildman–Crippen LogP) is 2.49. The summed E-state index contributed by atoms with van der Waals surface area (Å²) in [4.78, 5) is 0. The first-order valence-corrected chi connectivity index (χ1v) is 4.04. The second-order valence-corrected chi connectivity index (χ2v) is 2.63. The number of unbranched alkanes of at least 4 members (excludes halogenated alkanes) is 1. The lowest BCUT2D eigenvalue weighted by Crippen LogP contribution is -1.78. The molecule has 1 heterocycles. The van der Waals surface area contributed by atoms with Crippen LogP contribution < -0.4 is 0 Å². The monoisotopic (exact) mass is 137 g/mol. The third-order valence-electron chi connectivity index (χ3n) is 1.21. The molecule has 0 aliphatic heterocycles. The van der Waals surface area contributed by atoms with Gasteiger partial charge in [0, 0.05) is 11.4 Å². The highest BCUT2D eigenvalue weighted by molar-refractivity contribution is 7.06. The normalized spacial score (nSPS) is 9.89. The highest BCUT2D eigenvalue weighted by Crippen LogP contribution is 2.06. The fraction of sp³-hybridized carbons (Fsp3) is 0.500. The number of hydrogen-bond donors (Lipinski definition) is 0. The molecule has 0 saturated heterocycles. The Bertz CT molecular complexity index is 142. The van der Waals surface area contributed by atoms with Crippen molar-refractivity contribution in [2.75, 3.05) is 0 Å². The minimum absolute atomic E-state index is 1.12. The lowest BCUT2D eigenvalue weighted by atomic mass is 10.2. The molecule has 1 heteroatoms. The minimum Gasteiger partial charge on any atom is -0.132 e. The molecule has 0 amide bonds. The second kappa shape index (κ2) is 3.67. The van der Waals surface area contributed by atoms with Gasteiger partial charge in [0.1, 0.15) is 0 Å². The Morgan fingerprint density at radius 3 is 3.00 bits per heavy atom. The quantitative estimate of drug-likeness (QED) is 0.600. The van der Waals surface area contributed by atoms with Gasteiger partial charge >= 0.3 is 0 Å². The third-order valence-corrected chi connectivity index (χ3v) is 1.76. The molecule has 1 aromatic rings. The van der Waals surface area contributed by atoms with Gasteiger partial charge in [-0.2, -0.15) is 0 Å². The second-order valence-electron chi connectivity index (χ2n) is 2.01. The summed E-state index contributed by atoms with van der Waals surface area (Å²) in [7, 11) is 0. The van der Waals surface area contributed by atoms with E-state index in [0.717, 1.165) is 6.42 Å². The van der Waals surface area contributed by atoms with Gasteiger partial charge in [-0.05, 0) is 18.4 Å². The third kappa shape index (κ3) is 2.19. The molecule has 0 spiro atoms. The first-order chi connectivity index (χ1) is 4.43. The first kappa shape index (κ1) is 6.81. The molecular formula is C8H9S. The van der Waals surface area contributed by atoms with E-state index in [0.29, 0.717) is 0 Å². The van der Waals surface area contributed by atoms with E-state index in [-0.39, 0.29) is 0 Å². The van der Waals surface area contributed by atoms with Gasteiger partial charge in [-0.15, -0.1) is 11.3 Å². The van der Waals surface area contributed by atoms with Crippen LogP contribution in [-0.2, 0) is 6.42 Å². The summed E-state index contributed by atoms with van der Waals surface area (Å²) in [6, 6.07) is 3.01. The Kier molecular flexibility index (Phi) is 2.78. The molecule has 0 N–H and O–H groups in total. The number of hydrogen-bond acceptors (Lipinski definition) is 1. The molecule has 0 unspecified atom stereocenters. The Morgan fingerprint density at radius 2 is 2.44 bits per heavy atom. The zero-order chi connectivity index (χ0) is 6.53. The minimum atomic E-state index is 1.12. The van der Waals surface area contributed by atoms with E-state index in [4.69, 9.17) is 0 Å². The summed E-state index contributed by atoms with van der Waals surface area (Å²) in [5, 5.41) is 6.00. The van der Waals surface area contributed by atoms with Crippen molar-refractivity contribution in [3.8, 4) is 0 Å². The van der Waals surface area contributed by atoms with Crippen LogP contribution in [0, 0.1) is 16.8 Å². The van der Waals surface area contributed by atoms with Crippen LogP contribution in [0.25, 0.3) is 0 Å². The SMILES string of the molecule is CCCCc1[c][c]s[c]1. The first-order valence-electron chi connectivity index (χ1n) is 3.22. The fourth-order valence-corrected chi connectivity index (χ4v) is 1.17. The molecular weight excluding hydrogens is 128 g/mol. The molecule has 1 aromatic heterocycles. The van der Waals surface area contributed by atoms with Crippen LogP contribution in [0.3, 0.4) is 0 Å². The number of aryl methyl sites for hydroxylation is 1. The maximum Gasteiger partial charge on any atom is 0.0538 e. The predicted molar refractivity (Wildman–Crippen MR) is 39.4 cm³/mol. The van der Waals surface area contributed by atoms with E-state index >= 15 is 0 Å². The van der Waals surface area contributed by atoms with Crippen molar-refractivity contribution >= 4 is 11.3 Å². The van der Waals surface area contributed by atoms with E-state index in [1.54, 1.807) is 0 Å². The van der Waals surface area contributed by atoms with Gasteiger partial charge in [0.05, 0.1) is 5.38 Å². The van der Waals surface area contributed by atoms with Gasteiger partial charge in [-0.3, -0.25) is 0 Å². The standard InChI is InChI=1S/C8H9S/c1-2-3-4-8-5-6-9-7-8/h2-4H2,1H3.